The number of anilines is 1. The highest BCUT2D eigenvalue weighted by molar-refractivity contribution is 7.80. The summed E-state index contributed by atoms with van der Waals surface area (Å²) in [5, 5.41) is 4.91. The fourth-order valence-electron chi connectivity index (χ4n) is 3.61. The maximum atomic E-state index is 6.26. The molecule has 1 fully saturated rings. The predicted octanol–water partition coefficient (Wildman–Crippen LogP) is 6.33. The van der Waals surface area contributed by atoms with Crippen LogP contribution in [0, 0.1) is 6.92 Å². The molecule has 1 heterocycles. The number of benzene rings is 1. The molecule has 0 spiro atoms. The van der Waals surface area contributed by atoms with Crippen LogP contribution in [0.4, 0.5) is 5.69 Å². The van der Waals surface area contributed by atoms with Gasteiger partial charge in [0.15, 0.2) is 5.11 Å². The first-order chi connectivity index (χ1) is 12.1. The van der Waals surface area contributed by atoms with E-state index in [-0.39, 0.29) is 6.04 Å². The van der Waals surface area contributed by atoms with Crippen molar-refractivity contribution in [3.05, 3.63) is 52.9 Å². The van der Waals surface area contributed by atoms with E-state index in [9.17, 15) is 0 Å². The van der Waals surface area contributed by atoms with Crippen molar-refractivity contribution in [1.82, 2.24) is 4.90 Å². The van der Waals surface area contributed by atoms with Crippen molar-refractivity contribution in [1.29, 1.82) is 0 Å². The average molecular weight is 377 g/mol. The Kier molecular flexibility index (Phi) is 6.02. The summed E-state index contributed by atoms with van der Waals surface area (Å²) in [6.07, 6.45) is 7.88. The lowest BCUT2D eigenvalue weighted by atomic mass is 9.93. The fraction of sp³-hybridized carbons (Fsp3) is 0.450. The first-order valence-electron chi connectivity index (χ1n) is 8.95. The lowest BCUT2D eigenvalue weighted by molar-refractivity contribution is 0.186. The number of hydrogen-bond acceptors (Lipinski definition) is 2. The van der Waals surface area contributed by atoms with Gasteiger partial charge in [-0.1, -0.05) is 36.9 Å². The summed E-state index contributed by atoms with van der Waals surface area (Å²) in [4.78, 5) is 2.31. The monoisotopic (exact) mass is 376 g/mol. The molecule has 2 aromatic rings. The van der Waals surface area contributed by atoms with Crippen LogP contribution in [0.3, 0.4) is 0 Å². The molecule has 0 radical (unpaired) electrons. The van der Waals surface area contributed by atoms with Crippen molar-refractivity contribution < 1.29 is 4.42 Å². The first kappa shape index (κ1) is 18.3. The molecule has 1 aromatic carbocycles. The molecule has 0 bridgehead atoms. The van der Waals surface area contributed by atoms with Crippen LogP contribution >= 0.6 is 23.8 Å². The fourth-order valence-corrected chi connectivity index (χ4v) is 4.20. The van der Waals surface area contributed by atoms with Gasteiger partial charge in [-0.05, 0) is 68.7 Å². The van der Waals surface area contributed by atoms with Crippen molar-refractivity contribution >= 4 is 34.6 Å². The Hall–Kier alpha value is -1.52. The van der Waals surface area contributed by atoms with Gasteiger partial charge in [0.2, 0.25) is 0 Å². The van der Waals surface area contributed by atoms with Crippen LogP contribution in [0.5, 0.6) is 0 Å². The Morgan fingerprint density at radius 2 is 2.00 bits per heavy atom. The van der Waals surface area contributed by atoms with Crippen LogP contribution in [0.15, 0.2) is 41.0 Å². The lowest BCUT2D eigenvalue weighted by Gasteiger charge is -2.40. The summed E-state index contributed by atoms with van der Waals surface area (Å²) in [5.74, 6) is 0.942. The van der Waals surface area contributed by atoms with Gasteiger partial charge in [-0.2, -0.15) is 0 Å². The highest BCUT2D eigenvalue weighted by Crippen LogP contribution is 2.32. The summed E-state index contributed by atoms with van der Waals surface area (Å²) in [6.45, 7) is 4.17. The summed E-state index contributed by atoms with van der Waals surface area (Å²) >= 11 is 12.1. The number of hydrogen-bond donors (Lipinski definition) is 1. The highest BCUT2D eigenvalue weighted by atomic mass is 35.5. The number of furan rings is 1. The average Bonchev–Trinajstić information content (AvgIpc) is 3.15. The summed E-state index contributed by atoms with van der Waals surface area (Å²) in [5.41, 5.74) is 1.98. The topological polar surface area (TPSA) is 28.4 Å². The maximum Gasteiger partial charge on any atom is 0.174 e. The van der Waals surface area contributed by atoms with Crippen molar-refractivity contribution in [2.45, 2.75) is 58.0 Å². The van der Waals surface area contributed by atoms with Crippen LogP contribution in [0.2, 0.25) is 5.02 Å². The smallest absolute Gasteiger partial charge is 0.174 e. The number of thiocarbonyl (C=S) groups is 1. The van der Waals surface area contributed by atoms with Gasteiger partial charge in [0.1, 0.15) is 5.76 Å². The van der Waals surface area contributed by atoms with Gasteiger partial charge >= 0.3 is 0 Å². The second kappa shape index (κ2) is 8.24. The van der Waals surface area contributed by atoms with Gasteiger partial charge in [-0.25, -0.2) is 0 Å². The van der Waals surface area contributed by atoms with E-state index >= 15 is 0 Å². The van der Waals surface area contributed by atoms with Crippen LogP contribution in [-0.2, 0) is 0 Å². The zero-order valence-corrected chi connectivity index (χ0v) is 16.4. The molecule has 0 amide bonds. The second-order valence-corrected chi connectivity index (χ2v) is 7.53. The minimum atomic E-state index is 0.0950. The molecule has 0 saturated heterocycles. The standard InChI is InChI=1S/C20H25ClN2OS/c1-14-17(21)10-6-11-18(14)22-20(25)23(16-8-4-3-5-9-16)15(2)19-12-7-13-24-19/h6-7,10-13,15-16H,3-5,8-9H2,1-2H3,(H,22,25)/t15-/m0/s1. The number of halogens is 1. The molecular formula is C20H25ClN2OS. The molecule has 1 aliphatic rings. The number of nitrogens with one attached hydrogen (secondary N) is 1. The van der Waals surface area contributed by atoms with Gasteiger partial charge in [-0.15, -0.1) is 0 Å². The summed E-state index contributed by atoms with van der Waals surface area (Å²) in [7, 11) is 0. The van der Waals surface area contributed by atoms with Gasteiger partial charge in [0.05, 0.1) is 12.3 Å². The van der Waals surface area contributed by atoms with Crippen molar-refractivity contribution in [2.75, 3.05) is 5.32 Å². The van der Waals surface area contributed by atoms with E-state index in [2.05, 4.69) is 17.1 Å². The largest absolute Gasteiger partial charge is 0.467 e. The Balaban J connectivity index is 1.85. The molecule has 0 unspecified atom stereocenters. The zero-order valence-electron chi connectivity index (χ0n) is 14.8. The third kappa shape index (κ3) is 4.18. The highest BCUT2D eigenvalue weighted by Gasteiger charge is 2.29. The molecule has 3 rings (SSSR count). The number of rotatable bonds is 4. The Bertz CT molecular complexity index is 710. The molecule has 1 aliphatic carbocycles. The van der Waals surface area contributed by atoms with E-state index in [0.717, 1.165) is 27.1 Å². The predicted molar refractivity (Wildman–Crippen MR) is 108 cm³/mol. The van der Waals surface area contributed by atoms with E-state index < -0.39 is 0 Å². The molecular weight excluding hydrogens is 352 g/mol. The molecule has 1 aromatic heterocycles. The molecule has 25 heavy (non-hydrogen) atoms. The number of nitrogens with zero attached hydrogens (tertiary/aromatic N) is 1. The van der Waals surface area contributed by atoms with Gasteiger partial charge < -0.3 is 14.6 Å². The van der Waals surface area contributed by atoms with E-state index in [0.29, 0.717) is 6.04 Å². The molecule has 1 saturated carbocycles. The van der Waals surface area contributed by atoms with Crippen molar-refractivity contribution in [2.24, 2.45) is 0 Å². The summed E-state index contributed by atoms with van der Waals surface area (Å²) in [6, 6.07) is 10.3. The first-order valence-corrected chi connectivity index (χ1v) is 9.74. The van der Waals surface area contributed by atoms with E-state index in [1.165, 1.54) is 32.1 Å². The second-order valence-electron chi connectivity index (χ2n) is 6.73. The van der Waals surface area contributed by atoms with Crippen LogP contribution in [-0.4, -0.2) is 16.1 Å². The lowest BCUT2D eigenvalue weighted by Crippen LogP contribution is -2.45. The molecule has 0 aliphatic heterocycles. The van der Waals surface area contributed by atoms with Crippen LogP contribution < -0.4 is 5.32 Å². The van der Waals surface area contributed by atoms with E-state index in [1.54, 1.807) is 6.26 Å². The third-order valence-electron chi connectivity index (χ3n) is 5.08. The van der Waals surface area contributed by atoms with Crippen molar-refractivity contribution in [3.8, 4) is 0 Å². The maximum absolute atomic E-state index is 6.26. The van der Waals surface area contributed by atoms with Crippen molar-refractivity contribution in [3.63, 3.8) is 0 Å². The third-order valence-corrected chi connectivity index (χ3v) is 5.81. The normalized spacial score (nSPS) is 16.4. The molecule has 134 valence electrons. The van der Waals surface area contributed by atoms with Crippen LogP contribution in [0.25, 0.3) is 0 Å². The molecule has 3 nitrogen and oxygen atoms in total. The molecule has 1 N–H and O–H groups in total. The minimum Gasteiger partial charge on any atom is -0.467 e. The van der Waals surface area contributed by atoms with E-state index in [4.69, 9.17) is 28.2 Å². The van der Waals surface area contributed by atoms with Gasteiger partial charge in [0.25, 0.3) is 0 Å². The minimum absolute atomic E-state index is 0.0950. The Morgan fingerprint density at radius 1 is 1.24 bits per heavy atom. The SMILES string of the molecule is Cc1c(Cl)cccc1NC(=S)N(C1CCCCC1)[C@@H](C)c1ccco1. The van der Waals surface area contributed by atoms with Crippen LogP contribution in [0.1, 0.15) is 56.4 Å². The quantitative estimate of drug-likeness (QED) is 0.630. The molecule has 1 atom stereocenters. The van der Waals surface area contributed by atoms with E-state index in [1.807, 2.05) is 37.3 Å². The zero-order chi connectivity index (χ0) is 17.8. The Labute approximate surface area is 160 Å². The van der Waals surface area contributed by atoms with Gasteiger partial charge in [-0.3, -0.25) is 0 Å². The Morgan fingerprint density at radius 3 is 2.68 bits per heavy atom. The molecule has 5 heteroatoms. The van der Waals surface area contributed by atoms with Gasteiger partial charge in [0, 0.05) is 16.8 Å². The summed E-state index contributed by atoms with van der Waals surface area (Å²) < 4.78 is 5.66.